The molecular formula is C19H21NO2. The lowest BCUT2D eigenvalue weighted by molar-refractivity contribution is -0.119. The summed E-state index contributed by atoms with van der Waals surface area (Å²) in [6, 6.07) is 16.5. The summed E-state index contributed by atoms with van der Waals surface area (Å²) in [6.45, 7) is 2.10. The van der Waals surface area contributed by atoms with E-state index in [-0.39, 0.29) is 5.91 Å². The second-order valence-electron chi connectivity index (χ2n) is 5.80. The smallest absolute Gasteiger partial charge is 0.217 e. The molecule has 0 radical (unpaired) electrons. The largest absolute Gasteiger partial charge is 0.490 e. The number of ether oxygens (including phenoxy) is 1. The quantitative estimate of drug-likeness (QED) is 0.908. The summed E-state index contributed by atoms with van der Waals surface area (Å²) >= 11 is 0. The number of carbonyl (C=O) groups is 1. The molecule has 1 N–H and O–H groups in total. The molecule has 1 fully saturated rings. The van der Waals surface area contributed by atoms with Crippen molar-refractivity contribution in [1.29, 1.82) is 0 Å². The predicted octanol–water partition coefficient (Wildman–Crippen LogP) is 3.92. The molecule has 0 bridgehead atoms. The Hall–Kier alpha value is -2.29. The topological polar surface area (TPSA) is 38.3 Å². The zero-order valence-electron chi connectivity index (χ0n) is 12.8. The molecule has 2 aromatic rings. The molecule has 0 unspecified atom stereocenters. The van der Waals surface area contributed by atoms with Crippen LogP contribution in [0.25, 0.3) is 11.1 Å². The first kappa shape index (κ1) is 14.6. The molecule has 22 heavy (non-hydrogen) atoms. The Morgan fingerprint density at radius 2 is 1.64 bits per heavy atom. The molecule has 1 aliphatic rings. The van der Waals surface area contributed by atoms with Gasteiger partial charge < -0.3 is 10.1 Å². The van der Waals surface area contributed by atoms with E-state index in [2.05, 4.69) is 29.6 Å². The molecular weight excluding hydrogens is 274 g/mol. The van der Waals surface area contributed by atoms with Crippen molar-refractivity contribution in [3.63, 3.8) is 0 Å². The molecule has 3 nitrogen and oxygen atoms in total. The minimum absolute atomic E-state index is 0.00821. The van der Waals surface area contributed by atoms with Gasteiger partial charge >= 0.3 is 0 Å². The van der Waals surface area contributed by atoms with Crippen LogP contribution in [0.15, 0.2) is 48.5 Å². The van der Waals surface area contributed by atoms with Gasteiger partial charge in [-0.25, -0.2) is 0 Å². The number of nitrogens with one attached hydrogen (secondary N) is 1. The van der Waals surface area contributed by atoms with Gasteiger partial charge in [0.25, 0.3) is 0 Å². The summed E-state index contributed by atoms with van der Waals surface area (Å²) in [5, 5.41) is 2.80. The molecule has 3 rings (SSSR count). The van der Waals surface area contributed by atoms with Gasteiger partial charge in [-0.3, -0.25) is 4.79 Å². The van der Waals surface area contributed by atoms with Gasteiger partial charge in [0.1, 0.15) is 5.75 Å². The summed E-state index contributed by atoms with van der Waals surface area (Å²) in [5.41, 5.74) is 3.44. The van der Waals surface area contributed by atoms with Crippen LogP contribution in [0.2, 0.25) is 0 Å². The molecule has 2 aromatic carbocycles. The normalized spacial score (nSPS) is 14.2. The minimum atomic E-state index is -0.00821. The van der Waals surface area contributed by atoms with Crippen molar-refractivity contribution < 1.29 is 9.53 Å². The molecule has 1 amide bonds. The maximum Gasteiger partial charge on any atom is 0.217 e. The van der Waals surface area contributed by atoms with Crippen molar-refractivity contribution in [1.82, 2.24) is 5.32 Å². The van der Waals surface area contributed by atoms with Crippen LogP contribution in [-0.4, -0.2) is 12.0 Å². The molecule has 0 heterocycles. The summed E-state index contributed by atoms with van der Waals surface area (Å²) in [4.78, 5) is 10.9. The van der Waals surface area contributed by atoms with E-state index < -0.39 is 0 Å². The van der Waals surface area contributed by atoms with Gasteiger partial charge in [-0.05, 0) is 48.1 Å². The number of hydrogen-bond donors (Lipinski definition) is 1. The fourth-order valence-corrected chi connectivity index (χ4v) is 2.45. The van der Waals surface area contributed by atoms with Crippen LogP contribution in [0.3, 0.4) is 0 Å². The molecule has 0 saturated heterocycles. The number of amides is 1. The van der Waals surface area contributed by atoms with E-state index in [0.717, 1.165) is 11.3 Å². The molecule has 0 aliphatic heterocycles. The number of carbonyl (C=O) groups excluding carboxylic acids is 1. The Labute approximate surface area is 131 Å². The average molecular weight is 295 g/mol. The number of rotatable bonds is 5. The average Bonchev–Trinajstić information content (AvgIpc) is 2.50. The van der Waals surface area contributed by atoms with Crippen molar-refractivity contribution in [2.75, 3.05) is 0 Å². The fraction of sp³-hybridized carbons (Fsp3) is 0.316. The summed E-state index contributed by atoms with van der Waals surface area (Å²) in [7, 11) is 0. The minimum Gasteiger partial charge on any atom is -0.490 e. The number of hydrogen-bond acceptors (Lipinski definition) is 2. The van der Waals surface area contributed by atoms with Gasteiger partial charge in [0, 0.05) is 13.5 Å². The van der Waals surface area contributed by atoms with Crippen LogP contribution in [0.5, 0.6) is 5.75 Å². The van der Waals surface area contributed by atoms with Crippen molar-refractivity contribution in [2.24, 2.45) is 0 Å². The Morgan fingerprint density at radius 3 is 2.14 bits per heavy atom. The maximum absolute atomic E-state index is 10.9. The molecule has 114 valence electrons. The highest BCUT2D eigenvalue weighted by atomic mass is 16.5. The molecule has 1 saturated carbocycles. The van der Waals surface area contributed by atoms with Crippen LogP contribution in [0.1, 0.15) is 31.7 Å². The summed E-state index contributed by atoms with van der Waals surface area (Å²) in [6.07, 6.45) is 4.06. The molecule has 0 aromatic heterocycles. The monoisotopic (exact) mass is 295 g/mol. The van der Waals surface area contributed by atoms with Crippen molar-refractivity contribution in [3.8, 4) is 16.9 Å². The summed E-state index contributed by atoms with van der Waals surface area (Å²) in [5.74, 6) is 0.946. The van der Waals surface area contributed by atoms with Gasteiger partial charge in [0.15, 0.2) is 0 Å². The lowest BCUT2D eigenvalue weighted by atomic mass is 9.96. The van der Waals surface area contributed by atoms with E-state index in [1.807, 2.05) is 24.3 Å². The molecule has 3 heteroatoms. The van der Waals surface area contributed by atoms with Crippen LogP contribution in [-0.2, 0) is 11.3 Å². The van der Waals surface area contributed by atoms with Crippen molar-refractivity contribution >= 4 is 5.91 Å². The van der Waals surface area contributed by atoms with Crippen LogP contribution in [0.4, 0.5) is 0 Å². The van der Waals surface area contributed by atoms with Gasteiger partial charge in [-0.1, -0.05) is 36.4 Å². The third-order valence-corrected chi connectivity index (χ3v) is 4.04. The van der Waals surface area contributed by atoms with E-state index in [1.54, 1.807) is 0 Å². The van der Waals surface area contributed by atoms with Crippen molar-refractivity contribution in [3.05, 3.63) is 54.1 Å². The lowest BCUT2D eigenvalue weighted by Crippen LogP contribution is -2.24. The third kappa shape index (κ3) is 3.67. The first-order chi connectivity index (χ1) is 10.7. The first-order valence-electron chi connectivity index (χ1n) is 7.81. The van der Waals surface area contributed by atoms with Gasteiger partial charge in [0.05, 0.1) is 6.10 Å². The second-order valence-corrected chi connectivity index (χ2v) is 5.80. The van der Waals surface area contributed by atoms with Crippen LogP contribution in [0, 0.1) is 0 Å². The molecule has 0 atom stereocenters. The Bertz CT molecular complexity index is 627. The van der Waals surface area contributed by atoms with Gasteiger partial charge in [-0.15, -0.1) is 0 Å². The molecule has 0 spiro atoms. The van der Waals surface area contributed by atoms with E-state index in [4.69, 9.17) is 4.74 Å². The SMILES string of the molecule is CC(=O)NCc1ccc(-c2ccc(OC3CCC3)cc2)cc1. The zero-order chi connectivity index (χ0) is 15.4. The fourth-order valence-electron chi connectivity index (χ4n) is 2.45. The Kier molecular flexibility index (Phi) is 4.42. The van der Waals surface area contributed by atoms with Crippen LogP contribution < -0.4 is 10.1 Å². The first-order valence-corrected chi connectivity index (χ1v) is 7.81. The highest BCUT2D eigenvalue weighted by molar-refractivity contribution is 5.72. The predicted molar refractivity (Wildman–Crippen MR) is 87.7 cm³/mol. The second kappa shape index (κ2) is 6.65. The third-order valence-electron chi connectivity index (χ3n) is 4.04. The molecule has 1 aliphatic carbocycles. The van der Waals surface area contributed by atoms with E-state index in [9.17, 15) is 4.79 Å². The lowest BCUT2D eigenvalue weighted by Gasteiger charge is -2.26. The summed E-state index contributed by atoms with van der Waals surface area (Å²) < 4.78 is 5.87. The standard InChI is InChI=1S/C19H21NO2/c1-14(21)20-13-15-5-7-16(8-6-15)17-9-11-19(12-10-17)22-18-3-2-4-18/h5-12,18H,2-4,13H2,1H3,(H,20,21). The zero-order valence-corrected chi connectivity index (χ0v) is 12.8. The van der Waals surface area contributed by atoms with Gasteiger partial charge in [-0.2, -0.15) is 0 Å². The van der Waals surface area contributed by atoms with Gasteiger partial charge in [0.2, 0.25) is 5.91 Å². The highest BCUT2D eigenvalue weighted by Crippen LogP contribution is 2.27. The number of benzene rings is 2. The van der Waals surface area contributed by atoms with E-state index in [0.29, 0.717) is 12.6 Å². The van der Waals surface area contributed by atoms with Crippen molar-refractivity contribution in [2.45, 2.75) is 38.8 Å². The van der Waals surface area contributed by atoms with E-state index in [1.165, 1.54) is 37.3 Å². The van der Waals surface area contributed by atoms with Crippen LogP contribution >= 0.6 is 0 Å². The Balaban J connectivity index is 1.64. The highest BCUT2D eigenvalue weighted by Gasteiger charge is 2.18. The Morgan fingerprint density at radius 1 is 1.05 bits per heavy atom. The maximum atomic E-state index is 10.9. The van der Waals surface area contributed by atoms with E-state index >= 15 is 0 Å².